The fourth-order valence-electron chi connectivity index (χ4n) is 3.64. The molecule has 0 radical (unpaired) electrons. The molecule has 0 atom stereocenters. The number of anilines is 3. The van der Waals surface area contributed by atoms with Crippen molar-refractivity contribution in [2.45, 2.75) is 50.9 Å². The van der Waals surface area contributed by atoms with Crippen LogP contribution in [-0.2, 0) is 12.7 Å². The van der Waals surface area contributed by atoms with E-state index < -0.39 is 11.7 Å². The number of hydrogen-bond donors (Lipinski definition) is 2. The van der Waals surface area contributed by atoms with Crippen LogP contribution < -0.4 is 15.4 Å². The summed E-state index contributed by atoms with van der Waals surface area (Å²) >= 11 is 0. The van der Waals surface area contributed by atoms with Crippen molar-refractivity contribution in [3.63, 3.8) is 0 Å². The summed E-state index contributed by atoms with van der Waals surface area (Å²) in [4.78, 5) is 12.2. The first-order chi connectivity index (χ1) is 15.5. The van der Waals surface area contributed by atoms with E-state index in [0.29, 0.717) is 24.7 Å². The molecule has 0 bridgehead atoms. The Morgan fingerprint density at radius 1 is 1.03 bits per heavy atom. The molecule has 3 aromatic heterocycles. The molecule has 10 heteroatoms. The molecule has 170 valence electrons. The Balaban J connectivity index is 1.40. The Hall–Kier alpha value is -3.30. The fraction of sp³-hybridized carbons (Fsp3) is 0.409. The molecular weight excluding hydrogens is 421 g/mol. The van der Waals surface area contributed by atoms with Gasteiger partial charge in [0.05, 0.1) is 18.4 Å². The second-order valence-electron chi connectivity index (χ2n) is 7.71. The van der Waals surface area contributed by atoms with Crippen LogP contribution in [0.2, 0.25) is 0 Å². The normalized spacial score (nSPS) is 14.8. The monoisotopic (exact) mass is 446 g/mol. The molecule has 1 aliphatic rings. The van der Waals surface area contributed by atoms with Crippen molar-refractivity contribution in [2.75, 3.05) is 17.2 Å². The van der Waals surface area contributed by atoms with Crippen LogP contribution in [0, 0.1) is 0 Å². The van der Waals surface area contributed by atoms with Crippen LogP contribution in [0.1, 0.15) is 37.7 Å². The number of nitrogens with zero attached hydrogens (tertiary/aromatic N) is 4. The van der Waals surface area contributed by atoms with Crippen LogP contribution in [0.3, 0.4) is 0 Å². The van der Waals surface area contributed by atoms with Crippen molar-refractivity contribution in [1.82, 2.24) is 19.5 Å². The largest absolute Gasteiger partial charge is 0.476 e. The van der Waals surface area contributed by atoms with Gasteiger partial charge in [-0.25, -0.2) is 9.97 Å². The van der Waals surface area contributed by atoms with E-state index in [1.54, 1.807) is 12.1 Å². The lowest BCUT2D eigenvalue weighted by molar-refractivity contribution is -0.137. The van der Waals surface area contributed by atoms with Gasteiger partial charge in [0.2, 0.25) is 11.8 Å². The summed E-state index contributed by atoms with van der Waals surface area (Å²) in [5, 5.41) is 5.89. The lowest BCUT2D eigenvalue weighted by Crippen LogP contribution is -2.25. The zero-order valence-corrected chi connectivity index (χ0v) is 17.5. The predicted molar refractivity (Wildman–Crippen MR) is 115 cm³/mol. The van der Waals surface area contributed by atoms with Gasteiger partial charge in [0.15, 0.2) is 0 Å². The molecule has 2 N–H and O–H groups in total. The van der Waals surface area contributed by atoms with Gasteiger partial charge in [0.1, 0.15) is 18.0 Å². The first-order valence-corrected chi connectivity index (χ1v) is 10.6. The van der Waals surface area contributed by atoms with Crippen molar-refractivity contribution in [3.8, 4) is 5.88 Å². The Labute approximate surface area is 184 Å². The molecule has 1 saturated carbocycles. The Morgan fingerprint density at radius 3 is 2.50 bits per heavy atom. The van der Waals surface area contributed by atoms with Gasteiger partial charge in [-0.2, -0.15) is 18.2 Å². The van der Waals surface area contributed by atoms with E-state index in [2.05, 4.69) is 25.6 Å². The topological polar surface area (TPSA) is 76.9 Å². The average Bonchev–Trinajstić information content (AvgIpc) is 3.29. The minimum absolute atomic E-state index is 0.0164. The second-order valence-corrected chi connectivity index (χ2v) is 7.71. The van der Waals surface area contributed by atoms with Gasteiger partial charge in [-0.1, -0.05) is 19.3 Å². The summed E-state index contributed by atoms with van der Waals surface area (Å²) < 4.78 is 47.9. The molecule has 1 aliphatic carbocycles. The lowest BCUT2D eigenvalue weighted by Gasteiger charge is -2.25. The molecule has 4 rings (SSSR count). The zero-order chi connectivity index (χ0) is 22.4. The maximum Gasteiger partial charge on any atom is 0.421 e. The van der Waals surface area contributed by atoms with Crippen LogP contribution in [0.5, 0.6) is 5.88 Å². The third kappa shape index (κ3) is 5.89. The van der Waals surface area contributed by atoms with Gasteiger partial charge in [0.25, 0.3) is 0 Å². The lowest BCUT2D eigenvalue weighted by atomic mass is 9.95. The molecule has 0 saturated heterocycles. The number of halogens is 3. The molecule has 3 aromatic rings. The molecular formula is C22H25F3N6O. The summed E-state index contributed by atoms with van der Waals surface area (Å²) in [6.07, 6.45) is 6.49. The summed E-state index contributed by atoms with van der Waals surface area (Å²) in [7, 11) is 0. The fourth-order valence-corrected chi connectivity index (χ4v) is 3.64. The first-order valence-electron chi connectivity index (χ1n) is 10.6. The van der Waals surface area contributed by atoms with E-state index in [9.17, 15) is 13.2 Å². The molecule has 0 spiro atoms. The zero-order valence-electron chi connectivity index (χ0n) is 17.5. The summed E-state index contributed by atoms with van der Waals surface area (Å²) in [6, 6.07) is 7.27. The number of aromatic nitrogens is 4. The molecule has 32 heavy (non-hydrogen) atoms. The third-order valence-corrected chi connectivity index (χ3v) is 5.30. The highest BCUT2D eigenvalue weighted by Gasteiger charge is 2.36. The smallest absolute Gasteiger partial charge is 0.421 e. The highest BCUT2D eigenvalue weighted by Crippen LogP contribution is 2.35. The molecule has 0 aromatic carbocycles. The van der Waals surface area contributed by atoms with Crippen molar-refractivity contribution >= 4 is 17.5 Å². The highest BCUT2D eigenvalue weighted by atomic mass is 19.4. The maximum absolute atomic E-state index is 13.4. The average molecular weight is 446 g/mol. The van der Waals surface area contributed by atoms with Gasteiger partial charge in [0, 0.05) is 30.7 Å². The predicted octanol–water partition coefficient (Wildman–Crippen LogP) is 5.26. The van der Waals surface area contributed by atoms with Crippen molar-refractivity contribution < 1.29 is 17.9 Å². The summed E-state index contributed by atoms with van der Waals surface area (Å²) in [6.45, 7) is 1.16. The Morgan fingerprint density at radius 2 is 1.81 bits per heavy atom. The Bertz CT molecular complexity index is 986. The molecule has 7 nitrogen and oxygen atoms in total. The Kier molecular flexibility index (Phi) is 6.77. The number of hydrogen-bond acceptors (Lipinski definition) is 6. The SMILES string of the molecule is FC(F)(F)c1cnc(Nc2ccc(OCCn3cccc3)nc2)nc1NC1CCCCC1. The van der Waals surface area contributed by atoms with Crippen molar-refractivity contribution in [1.29, 1.82) is 0 Å². The van der Waals surface area contributed by atoms with Crippen LogP contribution in [0.25, 0.3) is 0 Å². The number of alkyl halides is 3. The van der Waals surface area contributed by atoms with Crippen LogP contribution >= 0.6 is 0 Å². The molecule has 0 amide bonds. The molecule has 1 fully saturated rings. The standard InChI is InChI=1S/C22H25F3N6O/c23-22(24,25)18-15-27-21(30-20(18)28-16-6-2-1-3-7-16)29-17-8-9-19(26-14-17)32-13-12-31-10-4-5-11-31/h4-5,8-11,14-16H,1-3,6-7,12-13H2,(H2,27,28,29,30). The second kappa shape index (κ2) is 9.88. The van der Waals surface area contributed by atoms with E-state index in [-0.39, 0.29) is 17.8 Å². The van der Waals surface area contributed by atoms with Crippen molar-refractivity contribution in [3.05, 3.63) is 54.6 Å². The summed E-state index contributed by atoms with van der Waals surface area (Å²) in [5.41, 5.74) is -0.315. The van der Waals surface area contributed by atoms with Gasteiger partial charge >= 0.3 is 6.18 Å². The number of rotatable bonds is 8. The quantitative estimate of drug-likeness (QED) is 0.492. The molecule has 0 aliphatic heterocycles. The first kappa shape index (κ1) is 21.9. The minimum atomic E-state index is -4.53. The number of ether oxygens (including phenoxy) is 1. The van der Waals surface area contributed by atoms with Crippen LogP contribution in [0.15, 0.2) is 49.1 Å². The van der Waals surface area contributed by atoms with Crippen molar-refractivity contribution in [2.24, 2.45) is 0 Å². The van der Waals surface area contributed by atoms with Crippen LogP contribution in [0.4, 0.5) is 30.6 Å². The van der Waals surface area contributed by atoms with E-state index in [0.717, 1.165) is 38.3 Å². The summed E-state index contributed by atoms with van der Waals surface area (Å²) in [5.74, 6) is 0.329. The van der Waals surface area contributed by atoms with Crippen LogP contribution in [-0.4, -0.2) is 32.2 Å². The van der Waals surface area contributed by atoms with Gasteiger partial charge < -0.3 is 19.9 Å². The minimum Gasteiger partial charge on any atom is -0.476 e. The third-order valence-electron chi connectivity index (χ3n) is 5.30. The number of pyridine rings is 1. The van der Waals surface area contributed by atoms with Gasteiger partial charge in [-0.05, 0) is 31.0 Å². The maximum atomic E-state index is 13.4. The van der Waals surface area contributed by atoms with E-state index >= 15 is 0 Å². The highest BCUT2D eigenvalue weighted by molar-refractivity contribution is 5.56. The van der Waals surface area contributed by atoms with Gasteiger partial charge in [-0.15, -0.1) is 0 Å². The van der Waals surface area contributed by atoms with E-state index in [1.807, 2.05) is 29.1 Å². The number of nitrogens with one attached hydrogen (secondary N) is 2. The molecule has 0 unspecified atom stereocenters. The van der Waals surface area contributed by atoms with Gasteiger partial charge in [-0.3, -0.25) is 0 Å². The van der Waals surface area contributed by atoms with E-state index in [1.165, 1.54) is 6.20 Å². The van der Waals surface area contributed by atoms with E-state index in [4.69, 9.17) is 4.74 Å². The molecule has 3 heterocycles.